The van der Waals surface area contributed by atoms with Crippen LogP contribution in [0.15, 0.2) is 0 Å². The number of aromatic amines is 1. The second-order valence-electron chi connectivity index (χ2n) is 4.41. The van der Waals surface area contributed by atoms with Crippen LogP contribution < -0.4 is 10.6 Å². The summed E-state index contributed by atoms with van der Waals surface area (Å²) in [5, 5.41) is 12.8. The molecule has 7 nitrogen and oxygen atoms in total. The maximum absolute atomic E-state index is 12.1. The number of nitrogens with zero attached hydrogens (tertiary/aromatic N) is 1. The predicted molar refractivity (Wildman–Crippen MR) is 67.6 cm³/mol. The molecule has 104 valence electrons. The molecule has 7 heteroatoms. The Hall–Kier alpha value is -1.89. The maximum atomic E-state index is 12.1. The summed E-state index contributed by atoms with van der Waals surface area (Å²) in [6.45, 7) is 3.29. The van der Waals surface area contributed by atoms with Gasteiger partial charge in [0.05, 0.1) is 7.11 Å². The van der Waals surface area contributed by atoms with E-state index in [2.05, 4.69) is 25.6 Å². The first-order chi connectivity index (χ1) is 9.17. The molecule has 1 aliphatic rings. The zero-order valence-corrected chi connectivity index (χ0v) is 11.1. The van der Waals surface area contributed by atoms with Crippen molar-refractivity contribution in [2.75, 3.05) is 13.7 Å². The molecule has 0 fully saturated rings. The van der Waals surface area contributed by atoms with Crippen molar-refractivity contribution in [1.82, 2.24) is 20.8 Å². The highest BCUT2D eigenvalue weighted by Crippen LogP contribution is 2.15. The van der Waals surface area contributed by atoms with Gasteiger partial charge in [-0.25, -0.2) is 4.79 Å². The minimum absolute atomic E-state index is 0.349. The van der Waals surface area contributed by atoms with Crippen LogP contribution in [0.3, 0.4) is 0 Å². The third-order valence-corrected chi connectivity index (χ3v) is 3.22. The van der Waals surface area contributed by atoms with Crippen molar-refractivity contribution in [3.05, 3.63) is 17.0 Å². The number of carbonyl (C=O) groups is 2. The summed E-state index contributed by atoms with van der Waals surface area (Å²) in [6.07, 6.45) is 1.30. The number of nitrogens with one attached hydrogen (secondary N) is 3. The van der Waals surface area contributed by atoms with Crippen LogP contribution in [0.1, 0.15) is 35.1 Å². The van der Waals surface area contributed by atoms with Gasteiger partial charge in [0.2, 0.25) is 0 Å². The Bertz CT molecular complexity index is 483. The molecule has 0 aliphatic carbocycles. The average molecular weight is 266 g/mol. The van der Waals surface area contributed by atoms with Crippen LogP contribution in [0.5, 0.6) is 0 Å². The summed E-state index contributed by atoms with van der Waals surface area (Å²) >= 11 is 0. The molecule has 1 aliphatic heterocycles. The molecule has 0 saturated carbocycles. The van der Waals surface area contributed by atoms with Crippen molar-refractivity contribution >= 4 is 11.9 Å². The zero-order valence-electron chi connectivity index (χ0n) is 11.1. The Balaban J connectivity index is 2.11. The summed E-state index contributed by atoms with van der Waals surface area (Å²) in [5.41, 5.74) is 2.21. The van der Waals surface area contributed by atoms with E-state index in [1.165, 1.54) is 7.11 Å². The van der Waals surface area contributed by atoms with Gasteiger partial charge in [-0.15, -0.1) is 0 Å². The van der Waals surface area contributed by atoms with E-state index in [0.717, 1.165) is 24.2 Å². The predicted octanol–water partition coefficient (Wildman–Crippen LogP) is -0.263. The van der Waals surface area contributed by atoms with Crippen LogP contribution in [0.2, 0.25) is 0 Å². The number of ether oxygens (including phenoxy) is 1. The van der Waals surface area contributed by atoms with Gasteiger partial charge < -0.3 is 15.4 Å². The van der Waals surface area contributed by atoms with Gasteiger partial charge in [-0.05, 0) is 6.42 Å². The summed E-state index contributed by atoms with van der Waals surface area (Å²) in [7, 11) is 1.30. The Morgan fingerprint density at radius 3 is 3.00 bits per heavy atom. The number of hydrogen-bond donors (Lipinski definition) is 3. The van der Waals surface area contributed by atoms with Crippen LogP contribution in [-0.2, 0) is 22.5 Å². The molecule has 1 amide bonds. The molecule has 1 unspecified atom stereocenters. The van der Waals surface area contributed by atoms with Crippen LogP contribution in [0.25, 0.3) is 0 Å². The second kappa shape index (κ2) is 5.83. The summed E-state index contributed by atoms with van der Waals surface area (Å²) in [4.78, 5) is 23.6. The molecular formula is C12H18N4O3. The van der Waals surface area contributed by atoms with Gasteiger partial charge in [0.15, 0.2) is 5.69 Å². The van der Waals surface area contributed by atoms with Gasteiger partial charge >= 0.3 is 5.97 Å². The molecule has 3 N–H and O–H groups in total. The molecule has 19 heavy (non-hydrogen) atoms. The van der Waals surface area contributed by atoms with Crippen LogP contribution in [0, 0.1) is 0 Å². The van der Waals surface area contributed by atoms with E-state index in [4.69, 9.17) is 0 Å². The smallest absolute Gasteiger partial charge is 0.328 e. The third-order valence-electron chi connectivity index (χ3n) is 3.22. The van der Waals surface area contributed by atoms with Gasteiger partial charge in [0.1, 0.15) is 6.04 Å². The molecule has 0 radical (unpaired) electrons. The first-order valence-electron chi connectivity index (χ1n) is 6.32. The van der Waals surface area contributed by atoms with E-state index in [-0.39, 0.29) is 5.91 Å². The van der Waals surface area contributed by atoms with Crippen molar-refractivity contribution in [2.24, 2.45) is 0 Å². The lowest BCUT2D eigenvalue weighted by molar-refractivity contribution is -0.142. The van der Waals surface area contributed by atoms with Crippen molar-refractivity contribution < 1.29 is 14.3 Å². The molecule has 2 rings (SSSR count). The fraction of sp³-hybridized carbons (Fsp3) is 0.583. The molecule has 1 aromatic heterocycles. The van der Waals surface area contributed by atoms with Gasteiger partial charge in [0, 0.05) is 30.8 Å². The molecular weight excluding hydrogens is 248 g/mol. The molecule has 0 bridgehead atoms. The second-order valence-corrected chi connectivity index (χ2v) is 4.41. The number of aromatic nitrogens is 2. The number of esters is 1. The number of carbonyl (C=O) groups excluding carboxylic acids is 2. The molecule has 0 spiro atoms. The van der Waals surface area contributed by atoms with E-state index < -0.39 is 12.0 Å². The van der Waals surface area contributed by atoms with Crippen molar-refractivity contribution in [3.63, 3.8) is 0 Å². The number of methoxy groups -OCH3 is 1. The fourth-order valence-corrected chi connectivity index (χ4v) is 2.11. The molecule has 1 aromatic rings. The number of rotatable bonds is 4. The van der Waals surface area contributed by atoms with Crippen LogP contribution >= 0.6 is 0 Å². The van der Waals surface area contributed by atoms with Crippen LogP contribution in [0.4, 0.5) is 0 Å². The van der Waals surface area contributed by atoms with Gasteiger partial charge in [0.25, 0.3) is 5.91 Å². The Morgan fingerprint density at radius 2 is 2.32 bits per heavy atom. The minimum Gasteiger partial charge on any atom is -0.467 e. The molecule has 0 saturated heterocycles. The summed E-state index contributed by atoms with van der Waals surface area (Å²) < 4.78 is 4.64. The first kappa shape index (κ1) is 13.5. The minimum atomic E-state index is -0.638. The molecule has 2 heterocycles. The van der Waals surface area contributed by atoms with Gasteiger partial charge in [-0.2, -0.15) is 5.10 Å². The highest BCUT2D eigenvalue weighted by molar-refractivity contribution is 5.96. The number of amides is 1. The van der Waals surface area contributed by atoms with E-state index in [1.54, 1.807) is 0 Å². The number of H-pyrrole nitrogens is 1. The van der Waals surface area contributed by atoms with E-state index in [9.17, 15) is 9.59 Å². The maximum Gasteiger partial charge on any atom is 0.328 e. The largest absolute Gasteiger partial charge is 0.467 e. The van der Waals surface area contributed by atoms with E-state index >= 15 is 0 Å². The topological polar surface area (TPSA) is 96.1 Å². The summed E-state index contributed by atoms with van der Waals surface area (Å²) in [5.74, 6) is -0.795. The first-order valence-corrected chi connectivity index (χ1v) is 6.32. The Kier molecular flexibility index (Phi) is 4.16. The monoisotopic (exact) mass is 266 g/mol. The highest BCUT2D eigenvalue weighted by Gasteiger charge is 2.25. The van der Waals surface area contributed by atoms with Gasteiger partial charge in [-0.1, -0.05) is 6.92 Å². The highest BCUT2D eigenvalue weighted by atomic mass is 16.5. The SMILES string of the molecule is CCC(NC(=O)c1n[nH]c2c1CNCC2)C(=O)OC. The van der Waals surface area contributed by atoms with Crippen molar-refractivity contribution in [2.45, 2.75) is 32.4 Å². The Labute approximate surface area is 111 Å². The third kappa shape index (κ3) is 2.76. The lowest BCUT2D eigenvalue weighted by Gasteiger charge is -2.15. The van der Waals surface area contributed by atoms with E-state index in [0.29, 0.717) is 18.7 Å². The van der Waals surface area contributed by atoms with Crippen molar-refractivity contribution in [1.29, 1.82) is 0 Å². The Morgan fingerprint density at radius 1 is 1.53 bits per heavy atom. The average Bonchev–Trinajstić information content (AvgIpc) is 2.87. The summed E-state index contributed by atoms with van der Waals surface area (Å²) in [6, 6.07) is -0.638. The number of hydrogen-bond acceptors (Lipinski definition) is 5. The zero-order chi connectivity index (χ0) is 13.8. The lowest BCUT2D eigenvalue weighted by atomic mass is 10.1. The molecule has 1 atom stereocenters. The number of fused-ring (bicyclic) bond motifs is 1. The van der Waals surface area contributed by atoms with Gasteiger partial charge in [-0.3, -0.25) is 9.89 Å². The van der Waals surface area contributed by atoms with Crippen molar-refractivity contribution in [3.8, 4) is 0 Å². The standard InChI is InChI=1S/C12H18N4O3/c1-3-8(12(18)19-2)14-11(17)10-7-6-13-5-4-9(7)15-16-10/h8,13H,3-6H2,1-2H3,(H,14,17)(H,15,16). The van der Waals surface area contributed by atoms with E-state index in [1.807, 2.05) is 6.92 Å². The normalized spacial score (nSPS) is 15.5. The fourth-order valence-electron chi connectivity index (χ4n) is 2.11. The molecule has 0 aromatic carbocycles. The lowest BCUT2D eigenvalue weighted by Crippen LogP contribution is -2.41. The quantitative estimate of drug-likeness (QED) is 0.652. The van der Waals surface area contributed by atoms with Crippen LogP contribution in [-0.4, -0.2) is 41.8 Å².